The van der Waals surface area contributed by atoms with Crippen molar-refractivity contribution in [3.8, 4) is 5.75 Å². The first-order chi connectivity index (χ1) is 10.8. The van der Waals surface area contributed by atoms with Crippen LogP contribution in [0.1, 0.15) is 12.0 Å². The van der Waals surface area contributed by atoms with Gasteiger partial charge in [-0.3, -0.25) is 4.79 Å². The number of hydrogen-bond acceptors (Lipinski definition) is 3. The molecule has 0 saturated carbocycles. The largest absolute Gasteiger partial charge is 0.489 e. The summed E-state index contributed by atoms with van der Waals surface area (Å²) in [6, 6.07) is 17.7. The fraction of sp³-hybridized carbons (Fsp3) is 0.278. The molecule has 1 aliphatic rings. The van der Waals surface area contributed by atoms with Crippen molar-refractivity contribution in [1.82, 2.24) is 0 Å². The van der Waals surface area contributed by atoms with Gasteiger partial charge in [-0.2, -0.15) is 0 Å². The molecule has 0 bridgehead atoms. The highest BCUT2D eigenvalue weighted by Crippen LogP contribution is 2.27. The van der Waals surface area contributed by atoms with Crippen LogP contribution in [0.4, 0.5) is 5.69 Å². The van der Waals surface area contributed by atoms with Crippen LogP contribution in [0.25, 0.3) is 0 Å². The molecule has 0 radical (unpaired) electrons. The molecule has 1 amide bonds. The summed E-state index contributed by atoms with van der Waals surface area (Å²) in [4.78, 5) is 13.9. The number of hydrogen-bond donors (Lipinski definition) is 1. The molecule has 0 spiro atoms. The average molecular weight is 296 g/mol. The number of rotatable bonds is 5. The number of nitrogens with two attached hydrogens (primary N) is 1. The van der Waals surface area contributed by atoms with E-state index in [1.807, 2.05) is 54.6 Å². The molecule has 0 aromatic heterocycles. The smallest absolute Gasteiger partial charge is 0.227 e. The monoisotopic (exact) mass is 296 g/mol. The van der Waals surface area contributed by atoms with E-state index in [-0.39, 0.29) is 11.8 Å². The van der Waals surface area contributed by atoms with Gasteiger partial charge >= 0.3 is 0 Å². The Labute approximate surface area is 130 Å². The Bertz CT molecular complexity index is 643. The minimum absolute atomic E-state index is 0.135. The summed E-state index contributed by atoms with van der Waals surface area (Å²) in [5.41, 5.74) is 7.67. The predicted octanol–water partition coefficient (Wildman–Crippen LogP) is 2.58. The number of carbonyl (C=O) groups is 1. The lowest BCUT2D eigenvalue weighted by atomic mass is 10.1. The minimum atomic E-state index is 0.135. The molecule has 2 N–H and O–H groups in total. The lowest BCUT2D eigenvalue weighted by Gasteiger charge is -2.17. The molecule has 1 aliphatic heterocycles. The highest BCUT2D eigenvalue weighted by molar-refractivity contribution is 5.95. The summed E-state index contributed by atoms with van der Waals surface area (Å²) < 4.78 is 5.82. The number of carbonyl (C=O) groups excluding carboxylic acids is 1. The quantitative estimate of drug-likeness (QED) is 0.922. The van der Waals surface area contributed by atoms with Crippen molar-refractivity contribution in [2.75, 3.05) is 18.0 Å². The van der Waals surface area contributed by atoms with Crippen LogP contribution in [0.2, 0.25) is 0 Å². The standard InChI is InChI=1S/C18H20N2O2/c19-11-15-9-18(21)20(12-15)16-7-4-8-17(10-16)22-13-14-5-2-1-3-6-14/h1-8,10,15H,9,11-13,19H2. The van der Waals surface area contributed by atoms with E-state index in [1.54, 1.807) is 4.90 Å². The molecule has 22 heavy (non-hydrogen) atoms. The molecule has 1 atom stereocenters. The molecular formula is C18H20N2O2. The maximum absolute atomic E-state index is 12.1. The van der Waals surface area contributed by atoms with Crippen LogP contribution in [0.5, 0.6) is 5.75 Å². The van der Waals surface area contributed by atoms with Crippen molar-refractivity contribution in [1.29, 1.82) is 0 Å². The van der Waals surface area contributed by atoms with Crippen LogP contribution in [-0.4, -0.2) is 19.0 Å². The second-order valence-electron chi connectivity index (χ2n) is 5.58. The highest BCUT2D eigenvalue weighted by Gasteiger charge is 2.29. The van der Waals surface area contributed by atoms with E-state index in [0.29, 0.717) is 26.1 Å². The first-order valence-corrected chi connectivity index (χ1v) is 7.53. The van der Waals surface area contributed by atoms with Gasteiger partial charge in [0.15, 0.2) is 0 Å². The fourth-order valence-electron chi connectivity index (χ4n) is 2.67. The average Bonchev–Trinajstić information content (AvgIpc) is 2.95. The molecule has 1 unspecified atom stereocenters. The Morgan fingerprint density at radius 2 is 1.95 bits per heavy atom. The summed E-state index contributed by atoms with van der Waals surface area (Å²) in [5.74, 6) is 1.16. The third kappa shape index (κ3) is 3.28. The highest BCUT2D eigenvalue weighted by atomic mass is 16.5. The maximum atomic E-state index is 12.1. The van der Waals surface area contributed by atoms with E-state index < -0.39 is 0 Å². The van der Waals surface area contributed by atoms with Crippen molar-refractivity contribution in [2.45, 2.75) is 13.0 Å². The van der Waals surface area contributed by atoms with Crippen LogP contribution < -0.4 is 15.4 Å². The lowest BCUT2D eigenvalue weighted by molar-refractivity contribution is -0.117. The molecule has 1 heterocycles. The number of anilines is 1. The first kappa shape index (κ1) is 14.6. The van der Waals surface area contributed by atoms with Gasteiger partial charge in [0, 0.05) is 24.7 Å². The van der Waals surface area contributed by atoms with E-state index in [2.05, 4.69) is 0 Å². The summed E-state index contributed by atoms with van der Waals surface area (Å²) in [5, 5.41) is 0. The molecule has 4 heteroatoms. The van der Waals surface area contributed by atoms with E-state index in [1.165, 1.54) is 0 Å². The summed E-state index contributed by atoms with van der Waals surface area (Å²) in [6.45, 7) is 1.76. The predicted molar refractivity (Wildman–Crippen MR) is 86.7 cm³/mol. The molecule has 0 aliphatic carbocycles. The first-order valence-electron chi connectivity index (χ1n) is 7.53. The number of nitrogens with zero attached hydrogens (tertiary/aromatic N) is 1. The second kappa shape index (κ2) is 6.62. The van der Waals surface area contributed by atoms with Gasteiger partial charge in [0.1, 0.15) is 12.4 Å². The van der Waals surface area contributed by atoms with Crippen molar-refractivity contribution in [2.24, 2.45) is 11.7 Å². The van der Waals surface area contributed by atoms with Gasteiger partial charge in [0.2, 0.25) is 5.91 Å². The normalized spacial score (nSPS) is 17.8. The Morgan fingerprint density at radius 3 is 2.68 bits per heavy atom. The van der Waals surface area contributed by atoms with Gasteiger partial charge in [-0.25, -0.2) is 0 Å². The van der Waals surface area contributed by atoms with Crippen molar-refractivity contribution in [3.63, 3.8) is 0 Å². The number of amides is 1. The van der Waals surface area contributed by atoms with Crippen LogP contribution >= 0.6 is 0 Å². The zero-order valence-corrected chi connectivity index (χ0v) is 12.4. The van der Waals surface area contributed by atoms with Crippen LogP contribution in [0.3, 0.4) is 0 Å². The van der Waals surface area contributed by atoms with E-state index in [4.69, 9.17) is 10.5 Å². The molecule has 2 aromatic carbocycles. The minimum Gasteiger partial charge on any atom is -0.489 e. The van der Waals surface area contributed by atoms with Crippen molar-refractivity contribution >= 4 is 11.6 Å². The zero-order chi connectivity index (χ0) is 15.4. The molecule has 1 saturated heterocycles. The van der Waals surface area contributed by atoms with E-state index in [0.717, 1.165) is 17.0 Å². The van der Waals surface area contributed by atoms with Crippen molar-refractivity contribution < 1.29 is 9.53 Å². The Hall–Kier alpha value is -2.33. The van der Waals surface area contributed by atoms with E-state index >= 15 is 0 Å². The zero-order valence-electron chi connectivity index (χ0n) is 12.4. The second-order valence-corrected chi connectivity index (χ2v) is 5.58. The maximum Gasteiger partial charge on any atom is 0.227 e. The van der Waals surface area contributed by atoms with Gasteiger partial charge in [0.25, 0.3) is 0 Å². The fourth-order valence-corrected chi connectivity index (χ4v) is 2.67. The lowest BCUT2D eigenvalue weighted by Crippen LogP contribution is -2.25. The Kier molecular flexibility index (Phi) is 4.39. The van der Waals surface area contributed by atoms with Crippen LogP contribution in [-0.2, 0) is 11.4 Å². The van der Waals surface area contributed by atoms with Gasteiger partial charge in [-0.1, -0.05) is 36.4 Å². The molecule has 2 aromatic rings. The number of ether oxygens (including phenoxy) is 1. The molecule has 3 rings (SSSR count). The molecule has 1 fully saturated rings. The Balaban J connectivity index is 1.69. The summed E-state index contributed by atoms with van der Waals surface area (Å²) in [6.07, 6.45) is 0.533. The molecule has 114 valence electrons. The SMILES string of the molecule is NCC1CC(=O)N(c2cccc(OCc3ccccc3)c2)C1. The molecular weight excluding hydrogens is 276 g/mol. The summed E-state index contributed by atoms with van der Waals surface area (Å²) in [7, 11) is 0. The Morgan fingerprint density at radius 1 is 1.14 bits per heavy atom. The molecule has 4 nitrogen and oxygen atoms in total. The number of benzene rings is 2. The van der Waals surface area contributed by atoms with Gasteiger partial charge in [0.05, 0.1) is 0 Å². The van der Waals surface area contributed by atoms with Gasteiger partial charge < -0.3 is 15.4 Å². The third-order valence-corrected chi connectivity index (χ3v) is 3.92. The summed E-state index contributed by atoms with van der Waals surface area (Å²) >= 11 is 0. The van der Waals surface area contributed by atoms with E-state index in [9.17, 15) is 4.79 Å². The van der Waals surface area contributed by atoms with Crippen LogP contribution in [0.15, 0.2) is 54.6 Å². The van der Waals surface area contributed by atoms with Gasteiger partial charge in [-0.15, -0.1) is 0 Å². The topological polar surface area (TPSA) is 55.6 Å². The van der Waals surface area contributed by atoms with Crippen molar-refractivity contribution in [3.05, 3.63) is 60.2 Å². The third-order valence-electron chi connectivity index (χ3n) is 3.92. The van der Waals surface area contributed by atoms with Crippen LogP contribution in [0, 0.1) is 5.92 Å². The van der Waals surface area contributed by atoms with Gasteiger partial charge in [-0.05, 0) is 30.2 Å².